The maximum Gasteiger partial charge on any atom is 0.344 e. The summed E-state index contributed by atoms with van der Waals surface area (Å²) in [5, 5.41) is 6.35. The molecule has 0 unspecified atom stereocenters. The van der Waals surface area contributed by atoms with E-state index in [-0.39, 0.29) is 5.56 Å². The van der Waals surface area contributed by atoms with Crippen molar-refractivity contribution in [3.05, 3.63) is 41.3 Å². The van der Waals surface area contributed by atoms with E-state index in [2.05, 4.69) is 10.5 Å². The van der Waals surface area contributed by atoms with Crippen LogP contribution in [0.2, 0.25) is 0 Å². The summed E-state index contributed by atoms with van der Waals surface area (Å²) in [6, 6.07) is 6.96. The second-order valence-electron chi connectivity index (χ2n) is 4.94. The van der Waals surface area contributed by atoms with Gasteiger partial charge < -0.3 is 19.3 Å². The number of carbonyl (C=O) groups is 2. The Labute approximate surface area is 133 Å². The lowest BCUT2D eigenvalue weighted by Crippen LogP contribution is -2.30. The quantitative estimate of drug-likeness (QED) is 0.852. The van der Waals surface area contributed by atoms with Crippen molar-refractivity contribution < 1.29 is 23.6 Å². The highest BCUT2D eigenvalue weighted by atomic mass is 16.5. The molecule has 7 nitrogen and oxygen atoms in total. The van der Waals surface area contributed by atoms with Gasteiger partial charge in [-0.15, -0.1) is 0 Å². The number of amides is 1. The van der Waals surface area contributed by atoms with Gasteiger partial charge in [0.1, 0.15) is 17.1 Å². The largest absolute Gasteiger partial charge is 0.495 e. The van der Waals surface area contributed by atoms with Crippen LogP contribution in [0.25, 0.3) is 0 Å². The predicted octanol–water partition coefficient (Wildman–Crippen LogP) is 2.48. The number of carbonyl (C=O) groups excluding carboxylic acids is 2. The van der Waals surface area contributed by atoms with Crippen LogP contribution in [0.5, 0.6) is 5.75 Å². The standard InChI is InChI=1S/C16H18N2O5/c1-9-14(10(2)23-18-9)16(20)22-11(3)15(19)17-12-7-5-6-8-13(12)21-4/h5-8,11H,1-4H3,(H,17,19)/t11-/m1/s1. The number of methoxy groups -OCH3 is 1. The Hall–Kier alpha value is -2.83. The lowest BCUT2D eigenvalue weighted by Gasteiger charge is -2.15. The lowest BCUT2D eigenvalue weighted by atomic mass is 10.2. The summed E-state index contributed by atoms with van der Waals surface area (Å²) in [4.78, 5) is 24.3. The minimum Gasteiger partial charge on any atom is -0.495 e. The molecule has 0 radical (unpaired) electrons. The van der Waals surface area contributed by atoms with Crippen molar-refractivity contribution in [1.82, 2.24) is 5.16 Å². The van der Waals surface area contributed by atoms with Gasteiger partial charge in [0.15, 0.2) is 6.10 Å². The summed E-state index contributed by atoms with van der Waals surface area (Å²) in [7, 11) is 1.51. The van der Waals surface area contributed by atoms with E-state index < -0.39 is 18.0 Å². The van der Waals surface area contributed by atoms with Crippen molar-refractivity contribution in [3.63, 3.8) is 0 Å². The molecular weight excluding hydrogens is 300 g/mol. The number of anilines is 1. The van der Waals surface area contributed by atoms with Crippen molar-refractivity contribution in [2.75, 3.05) is 12.4 Å². The van der Waals surface area contributed by atoms with E-state index in [0.29, 0.717) is 22.9 Å². The number of hydrogen-bond donors (Lipinski definition) is 1. The van der Waals surface area contributed by atoms with Crippen LogP contribution in [-0.4, -0.2) is 30.2 Å². The van der Waals surface area contributed by atoms with Gasteiger partial charge in [0.2, 0.25) is 0 Å². The monoisotopic (exact) mass is 318 g/mol. The van der Waals surface area contributed by atoms with E-state index in [0.717, 1.165) is 0 Å². The number of rotatable bonds is 5. The minimum absolute atomic E-state index is 0.238. The molecule has 1 amide bonds. The molecule has 0 aliphatic heterocycles. The molecule has 1 N–H and O–H groups in total. The van der Waals surface area contributed by atoms with Crippen molar-refractivity contribution >= 4 is 17.6 Å². The van der Waals surface area contributed by atoms with Gasteiger partial charge in [-0.3, -0.25) is 4.79 Å². The number of aromatic nitrogens is 1. The average molecular weight is 318 g/mol. The number of nitrogens with zero attached hydrogens (tertiary/aromatic N) is 1. The summed E-state index contributed by atoms with van der Waals surface area (Å²) >= 11 is 0. The van der Waals surface area contributed by atoms with Crippen LogP contribution in [0.1, 0.15) is 28.7 Å². The normalized spacial score (nSPS) is 11.7. The molecule has 0 bridgehead atoms. The summed E-state index contributed by atoms with van der Waals surface area (Å²) in [6.07, 6.45) is -0.985. The van der Waals surface area contributed by atoms with E-state index >= 15 is 0 Å². The third-order valence-electron chi connectivity index (χ3n) is 3.26. The molecule has 0 saturated heterocycles. The zero-order valence-electron chi connectivity index (χ0n) is 13.4. The molecule has 0 aliphatic carbocycles. The average Bonchev–Trinajstić information content (AvgIpc) is 2.86. The van der Waals surface area contributed by atoms with E-state index in [1.807, 2.05) is 0 Å². The number of nitrogens with one attached hydrogen (secondary N) is 1. The molecule has 0 saturated carbocycles. The Morgan fingerprint density at radius 1 is 1.26 bits per heavy atom. The van der Waals surface area contributed by atoms with Gasteiger partial charge >= 0.3 is 5.97 Å². The van der Waals surface area contributed by atoms with Gasteiger partial charge in [-0.2, -0.15) is 0 Å². The third kappa shape index (κ3) is 3.68. The minimum atomic E-state index is -0.985. The zero-order chi connectivity index (χ0) is 17.0. The Morgan fingerprint density at radius 3 is 2.57 bits per heavy atom. The highest BCUT2D eigenvalue weighted by Gasteiger charge is 2.24. The van der Waals surface area contributed by atoms with Crippen LogP contribution < -0.4 is 10.1 Å². The van der Waals surface area contributed by atoms with Crippen molar-refractivity contribution in [2.24, 2.45) is 0 Å². The van der Waals surface area contributed by atoms with E-state index in [1.54, 1.807) is 38.1 Å². The highest BCUT2D eigenvalue weighted by Crippen LogP contribution is 2.23. The predicted molar refractivity (Wildman–Crippen MR) is 82.5 cm³/mol. The molecule has 1 atom stereocenters. The maximum atomic E-state index is 12.2. The number of hydrogen-bond acceptors (Lipinski definition) is 6. The fraction of sp³-hybridized carbons (Fsp3) is 0.312. The molecule has 1 aromatic carbocycles. The molecule has 1 heterocycles. The van der Waals surface area contributed by atoms with Crippen LogP contribution in [0.4, 0.5) is 5.69 Å². The van der Waals surface area contributed by atoms with Crippen LogP contribution in [-0.2, 0) is 9.53 Å². The fourth-order valence-electron chi connectivity index (χ4n) is 2.03. The first kappa shape index (κ1) is 16.5. The molecule has 23 heavy (non-hydrogen) atoms. The van der Waals surface area contributed by atoms with Crippen LogP contribution in [0, 0.1) is 13.8 Å². The first-order valence-corrected chi connectivity index (χ1v) is 7.01. The molecule has 2 rings (SSSR count). The van der Waals surface area contributed by atoms with Crippen molar-refractivity contribution in [1.29, 1.82) is 0 Å². The molecule has 2 aromatic rings. The second-order valence-corrected chi connectivity index (χ2v) is 4.94. The van der Waals surface area contributed by atoms with Crippen molar-refractivity contribution in [2.45, 2.75) is 26.9 Å². The highest BCUT2D eigenvalue weighted by molar-refractivity contribution is 5.98. The number of aryl methyl sites for hydroxylation is 2. The lowest BCUT2D eigenvalue weighted by molar-refractivity contribution is -0.123. The molecular formula is C16H18N2O5. The summed E-state index contributed by atoms with van der Waals surface area (Å²) in [5.74, 6) is -0.242. The van der Waals surface area contributed by atoms with Gasteiger partial charge in [0.25, 0.3) is 5.91 Å². The van der Waals surface area contributed by atoms with E-state index in [1.165, 1.54) is 14.0 Å². The SMILES string of the molecule is COc1ccccc1NC(=O)[C@@H](C)OC(=O)c1c(C)noc1C. The smallest absolute Gasteiger partial charge is 0.344 e. The Bertz CT molecular complexity index is 704. The Morgan fingerprint density at radius 2 is 1.96 bits per heavy atom. The third-order valence-corrected chi connectivity index (χ3v) is 3.26. The fourth-order valence-corrected chi connectivity index (χ4v) is 2.03. The van der Waals surface area contributed by atoms with Gasteiger partial charge in [0.05, 0.1) is 18.5 Å². The van der Waals surface area contributed by atoms with Crippen LogP contribution in [0.15, 0.2) is 28.8 Å². The molecule has 122 valence electrons. The number of esters is 1. The first-order valence-electron chi connectivity index (χ1n) is 7.01. The van der Waals surface area contributed by atoms with Gasteiger partial charge in [-0.1, -0.05) is 17.3 Å². The van der Waals surface area contributed by atoms with Crippen molar-refractivity contribution in [3.8, 4) is 5.75 Å². The number of benzene rings is 1. The first-order chi connectivity index (χ1) is 10.9. The maximum absolute atomic E-state index is 12.2. The van der Waals surface area contributed by atoms with Gasteiger partial charge in [-0.25, -0.2) is 4.79 Å². The molecule has 1 aromatic heterocycles. The summed E-state index contributed by atoms with van der Waals surface area (Å²) in [5.41, 5.74) is 1.16. The zero-order valence-corrected chi connectivity index (χ0v) is 13.4. The summed E-state index contributed by atoms with van der Waals surface area (Å²) < 4.78 is 15.2. The van der Waals surface area contributed by atoms with Crippen LogP contribution >= 0.6 is 0 Å². The van der Waals surface area contributed by atoms with E-state index in [9.17, 15) is 9.59 Å². The number of para-hydroxylation sites is 2. The summed E-state index contributed by atoms with van der Waals surface area (Å²) in [6.45, 7) is 4.73. The van der Waals surface area contributed by atoms with Gasteiger partial charge in [0, 0.05) is 0 Å². The van der Waals surface area contributed by atoms with Gasteiger partial charge in [-0.05, 0) is 32.9 Å². The number of ether oxygens (including phenoxy) is 2. The molecule has 0 spiro atoms. The molecule has 0 aliphatic rings. The molecule has 7 heteroatoms. The van der Waals surface area contributed by atoms with E-state index in [4.69, 9.17) is 14.0 Å². The Balaban J connectivity index is 2.04. The topological polar surface area (TPSA) is 90.7 Å². The molecule has 0 fully saturated rings. The Kier molecular flexibility index (Phi) is 5.00. The van der Waals surface area contributed by atoms with Crippen LogP contribution in [0.3, 0.4) is 0 Å². The second kappa shape index (κ2) is 6.95.